The van der Waals surface area contributed by atoms with Crippen LogP contribution in [-0.4, -0.2) is 33.0 Å². The fourth-order valence-electron chi connectivity index (χ4n) is 2.55. The van der Waals surface area contributed by atoms with Crippen molar-refractivity contribution < 1.29 is 22.3 Å². The number of methoxy groups -OCH3 is 1. The van der Waals surface area contributed by atoms with Crippen molar-refractivity contribution in [1.29, 1.82) is 0 Å². The van der Waals surface area contributed by atoms with Gasteiger partial charge in [0.2, 0.25) is 0 Å². The number of anilines is 1. The number of nitrogens with zero attached hydrogens (tertiary/aromatic N) is 2. The lowest BCUT2D eigenvalue weighted by atomic mass is 10.1. The van der Waals surface area contributed by atoms with Gasteiger partial charge >= 0.3 is 5.97 Å². The van der Waals surface area contributed by atoms with E-state index < -0.39 is 21.8 Å². The van der Waals surface area contributed by atoms with Crippen molar-refractivity contribution in [3.63, 3.8) is 0 Å². The summed E-state index contributed by atoms with van der Waals surface area (Å²) in [6.45, 7) is 0.256. The van der Waals surface area contributed by atoms with E-state index >= 15 is 0 Å². The second kappa shape index (κ2) is 6.64. The molecule has 6 nitrogen and oxygen atoms in total. The normalized spacial score (nSPS) is 13.9. The summed E-state index contributed by atoms with van der Waals surface area (Å²) >= 11 is 0. The van der Waals surface area contributed by atoms with Crippen molar-refractivity contribution in [3.05, 3.63) is 59.5 Å². The third-order valence-corrected chi connectivity index (χ3v) is 5.60. The second-order valence-electron chi connectivity index (χ2n) is 5.39. The second-order valence-corrected chi connectivity index (χ2v) is 7.25. The van der Waals surface area contributed by atoms with E-state index in [9.17, 15) is 17.6 Å². The average Bonchev–Trinajstić information content (AvgIpc) is 3.04. The maximum Gasteiger partial charge on any atom is 0.330 e. The predicted octanol–water partition coefficient (Wildman–Crippen LogP) is 2.16. The number of hydrogen-bond donors (Lipinski definition) is 0. The highest BCUT2D eigenvalue weighted by Gasteiger charge is 2.32. The minimum Gasteiger partial charge on any atom is -0.466 e. The van der Waals surface area contributed by atoms with E-state index in [1.54, 1.807) is 12.1 Å². The van der Waals surface area contributed by atoms with E-state index in [1.165, 1.54) is 35.8 Å². The molecule has 8 heteroatoms. The van der Waals surface area contributed by atoms with Crippen LogP contribution < -0.4 is 4.31 Å². The first-order valence-corrected chi connectivity index (χ1v) is 8.89. The van der Waals surface area contributed by atoms with Gasteiger partial charge in [-0.1, -0.05) is 0 Å². The molecule has 0 atom stereocenters. The number of aromatic nitrogens is 1. The van der Waals surface area contributed by atoms with Gasteiger partial charge in [-0.15, -0.1) is 0 Å². The lowest BCUT2D eigenvalue weighted by Crippen LogP contribution is -2.29. The number of pyridine rings is 1. The molecule has 0 amide bonds. The zero-order valence-electron chi connectivity index (χ0n) is 13.3. The largest absolute Gasteiger partial charge is 0.466 e. The van der Waals surface area contributed by atoms with Crippen LogP contribution in [0.4, 0.5) is 10.2 Å². The van der Waals surface area contributed by atoms with Gasteiger partial charge in [-0.2, -0.15) is 0 Å². The van der Waals surface area contributed by atoms with Crippen molar-refractivity contribution in [2.45, 2.75) is 11.3 Å². The Labute approximate surface area is 144 Å². The fraction of sp³-hybridized carbons (Fsp3) is 0.176. The van der Waals surface area contributed by atoms with E-state index in [0.29, 0.717) is 17.8 Å². The molecular weight excluding hydrogens is 347 g/mol. The van der Waals surface area contributed by atoms with E-state index in [2.05, 4.69) is 9.72 Å². The van der Waals surface area contributed by atoms with Crippen LogP contribution in [0.25, 0.3) is 6.08 Å². The van der Waals surface area contributed by atoms with E-state index in [0.717, 1.165) is 17.7 Å². The number of fused-ring (bicyclic) bond motifs is 1. The molecule has 130 valence electrons. The van der Waals surface area contributed by atoms with Gasteiger partial charge in [0, 0.05) is 18.8 Å². The summed E-state index contributed by atoms with van der Waals surface area (Å²) in [6.07, 6.45) is 4.81. The van der Waals surface area contributed by atoms with Gasteiger partial charge in [-0.25, -0.2) is 26.9 Å². The standard InChI is InChI=1S/C17H15FN2O4S/c1-24-16(21)7-2-12-10-13-8-9-20(17(13)19-11-12)25(22,23)15-5-3-14(18)4-6-15/h2-7,10-11H,8-9H2,1H3. The highest BCUT2D eigenvalue weighted by Crippen LogP contribution is 2.31. The molecule has 0 aliphatic carbocycles. The summed E-state index contributed by atoms with van der Waals surface area (Å²) < 4.78 is 44.2. The molecule has 0 N–H and O–H groups in total. The van der Waals surface area contributed by atoms with Gasteiger partial charge in [0.15, 0.2) is 0 Å². The van der Waals surface area contributed by atoms with Crippen LogP contribution >= 0.6 is 0 Å². The van der Waals surface area contributed by atoms with E-state index in [-0.39, 0.29) is 11.4 Å². The Morgan fingerprint density at radius 3 is 2.72 bits per heavy atom. The minimum absolute atomic E-state index is 0.0122. The van der Waals surface area contributed by atoms with Gasteiger partial charge in [-0.3, -0.25) is 0 Å². The van der Waals surface area contributed by atoms with Crippen LogP contribution in [0, 0.1) is 5.82 Å². The van der Waals surface area contributed by atoms with E-state index in [4.69, 9.17) is 0 Å². The lowest BCUT2D eigenvalue weighted by molar-refractivity contribution is -0.134. The van der Waals surface area contributed by atoms with Crippen molar-refractivity contribution in [3.8, 4) is 0 Å². The van der Waals surface area contributed by atoms with E-state index in [1.807, 2.05) is 0 Å². The highest BCUT2D eigenvalue weighted by atomic mass is 32.2. The molecule has 0 saturated carbocycles. The Balaban J connectivity index is 1.90. The van der Waals surface area contributed by atoms with Crippen LogP contribution in [0.3, 0.4) is 0 Å². The Bertz CT molecular complexity index is 940. The molecule has 0 spiro atoms. The van der Waals surface area contributed by atoms with Crippen LogP contribution in [0.1, 0.15) is 11.1 Å². The molecule has 1 aliphatic rings. The summed E-state index contributed by atoms with van der Waals surface area (Å²) in [5.41, 5.74) is 1.43. The Morgan fingerprint density at radius 1 is 1.32 bits per heavy atom. The smallest absolute Gasteiger partial charge is 0.330 e. The number of ether oxygens (including phenoxy) is 1. The van der Waals surface area contributed by atoms with Gasteiger partial charge in [0.25, 0.3) is 10.0 Å². The number of hydrogen-bond acceptors (Lipinski definition) is 5. The lowest BCUT2D eigenvalue weighted by Gasteiger charge is -2.18. The maximum atomic E-state index is 13.0. The van der Waals surface area contributed by atoms with Crippen molar-refractivity contribution in [2.75, 3.05) is 18.0 Å². The van der Waals surface area contributed by atoms with Crippen molar-refractivity contribution in [2.24, 2.45) is 0 Å². The molecule has 3 rings (SSSR count). The first-order chi connectivity index (χ1) is 11.9. The van der Waals surface area contributed by atoms with Crippen molar-refractivity contribution >= 4 is 27.9 Å². The Hall–Kier alpha value is -2.74. The molecule has 0 fully saturated rings. The number of carbonyl (C=O) groups excluding carboxylic acids is 1. The molecule has 25 heavy (non-hydrogen) atoms. The molecule has 1 aliphatic heterocycles. The SMILES string of the molecule is COC(=O)C=Cc1cnc2c(c1)CCN2S(=O)(=O)c1ccc(F)cc1. The molecular formula is C17H15FN2O4S. The average molecular weight is 362 g/mol. The molecule has 0 saturated heterocycles. The Morgan fingerprint density at radius 2 is 2.04 bits per heavy atom. The molecule has 2 heterocycles. The van der Waals surface area contributed by atoms with Gasteiger partial charge in [-0.05, 0) is 54.0 Å². The summed E-state index contributed by atoms with van der Waals surface area (Å²) in [6, 6.07) is 6.46. The van der Waals surface area contributed by atoms with Crippen LogP contribution in [0.5, 0.6) is 0 Å². The highest BCUT2D eigenvalue weighted by molar-refractivity contribution is 7.92. The molecule has 1 aromatic carbocycles. The third kappa shape index (κ3) is 3.39. The van der Waals surface area contributed by atoms with Crippen LogP contribution in [0.15, 0.2) is 47.5 Å². The maximum absolute atomic E-state index is 13.0. The summed E-state index contributed by atoms with van der Waals surface area (Å²) in [5.74, 6) is -0.638. The summed E-state index contributed by atoms with van der Waals surface area (Å²) in [5, 5.41) is 0. The Kier molecular flexibility index (Phi) is 4.54. The van der Waals surface area contributed by atoms with Crippen LogP contribution in [0.2, 0.25) is 0 Å². The van der Waals surface area contributed by atoms with Crippen LogP contribution in [-0.2, 0) is 26.0 Å². The monoisotopic (exact) mass is 362 g/mol. The van der Waals surface area contributed by atoms with Crippen molar-refractivity contribution in [1.82, 2.24) is 4.98 Å². The zero-order chi connectivity index (χ0) is 18.0. The molecule has 2 aromatic rings. The van der Waals surface area contributed by atoms with Gasteiger partial charge in [0.05, 0.1) is 12.0 Å². The molecule has 0 radical (unpaired) electrons. The fourth-order valence-corrected chi connectivity index (χ4v) is 4.01. The molecule has 0 unspecified atom stereocenters. The quantitative estimate of drug-likeness (QED) is 0.615. The number of carbonyl (C=O) groups is 1. The predicted molar refractivity (Wildman–Crippen MR) is 89.9 cm³/mol. The number of esters is 1. The van der Waals surface area contributed by atoms with Gasteiger partial charge < -0.3 is 4.74 Å². The number of halogens is 1. The molecule has 1 aromatic heterocycles. The minimum atomic E-state index is -3.80. The number of rotatable bonds is 4. The first-order valence-electron chi connectivity index (χ1n) is 7.45. The number of benzene rings is 1. The molecule has 0 bridgehead atoms. The summed E-state index contributed by atoms with van der Waals surface area (Å²) in [7, 11) is -2.52. The zero-order valence-corrected chi connectivity index (χ0v) is 14.2. The first kappa shape index (κ1) is 17.1. The topological polar surface area (TPSA) is 76.6 Å². The number of sulfonamides is 1. The third-order valence-electron chi connectivity index (χ3n) is 3.80. The van der Waals surface area contributed by atoms with Gasteiger partial charge in [0.1, 0.15) is 11.6 Å². The summed E-state index contributed by atoms with van der Waals surface area (Å²) in [4.78, 5) is 15.4.